The molecule has 1 aromatic carbocycles. The van der Waals surface area contributed by atoms with Crippen LogP contribution in [0.15, 0.2) is 41.2 Å². The summed E-state index contributed by atoms with van der Waals surface area (Å²) in [5, 5.41) is 6.87. The normalized spacial score (nSPS) is 10.5. The number of carbonyl (C=O) groups excluding carboxylic acids is 1. The van der Waals surface area contributed by atoms with Gasteiger partial charge in [0.05, 0.1) is 13.2 Å². The maximum Gasteiger partial charge on any atom is 0.271 e. The van der Waals surface area contributed by atoms with Gasteiger partial charge in [0.2, 0.25) is 0 Å². The zero-order valence-corrected chi connectivity index (χ0v) is 12.9. The number of rotatable bonds is 5. The van der Waals surface area contributed by atoms with Gasteiger partial charge >= 0.3 is 0 Å². The first-order valence-corrected chi connectivity index (χ1v) is 7.03. The van der Waals surface area contributed by atoms with Crippen LogP contribution in [0.2, 0.25) is 0 Å². The Labute approximate surface area is 128 Å². The van der Waals surface area contributed by atoms with Crippen molar-refractivity contribution in [1.82, 2.24) is 15.1 Å². The van der Waals surface area contributed by atoms with E-state index in [4.69, 9.17) is 4.74 Å². The van der Waals surface area contributed by atoms with E-state index in [9.17, 15) is 9.59 Å². The van der Waals surface area contributed by atoms with E-state index in [1.54, 1.807) is 7.11 Å². The van der Waals surface area contributed by atoms with Crippen LogP contribution < -0.4 is 15.6 Å². The largest absolute Gasteiger partial charge is 0.496 e. The van der Waals surface area contributed by atoms with Crippen molar-refractivity contribution >= 4 is 5.91 Å². The van der Waals surface area contributed by atoms with Crippen molar-refractivity contribution in [3.05, 3.63) is 58.0 Å². The van der Waals surface area contributed by atoms with E-state index in [0.29, 0.717) is 12.3 Å². The predicted octanol–water partition coefficient (Wildman–Crippen LogP) is 1.76. The van der Waals surface area contributed by atoms with Crippen LogP contribution in [-0.4, -0.2) is 22.8 Å². The Balaban J connectivity index is 2.13. The molecule has 0 bridgehead atoms. The lowest BCUT2D eigenvalue weighted by Gasteiger charge is -2.11. The van der Waals surface area contributed by atoms with Crippen molar-refractivity contribution in [3.8, 4) is 5.75 Å². The highest BCUT2D eigenvalue weighted by atomic mass is 16.5. The van der Waals surface area contributed by atoms with E-state index < -0.39 is 0 Å². The fourth-order valence-corrected chi connectivity index (χ4v) is 2.03. The summed E-state index contributed by atoms with van der Waals surface area (Å²) in [6.07, 6.45) is 0. The summed E-state index contributed by atoms with van der Waals surface area (Å²) in [5.74, 6) is 0.378. The quantitative estimate of drug-likeness (QED) is 0.913. The van der Waals surface area contributed by atoms with Crippen LogP contribution in [0.4, 0.5) is 0 Å². The number of nitrogens with zero attached hydrogens (tertiary/aromatic N) is 2. The number of methoxy groups -OCH3 is 1. The van der Waals surface area contributed by atoms with E-state index in [1.165, 1.54) is 16.8 Å². The number of ether oxygens (including phenoxy) is 1. The predicted molar refractivity (Wildman–Crippen MR) is 83.0 cm³/mol. The Kier molecular flexibility index (Phi) is 4.93. The molecule has 0 spiro atoms. The molecule has 0 aliphatic heterocycles. The first-order valence-electron chi connectivity index (χ1n) is 7.03. The Bertz CT molecular complexity index is 723. The molecule has 0 saturated heterocycles. The third-order valence-electron chi connectivity index (χ3n) is 3.18. The summed E-state index contributed by atoms with van der Waals surface area (Å²) >= 11 is 0. The van der Waals surface area contributed by atoms with Crippen LogP contribution in [0.3, 0.4) is 0 Å². The highest BCUT2D eigenvalue weighted by Crippen LogP contribution is 2.16. The summed E-state index contributed by atoms with van der Waals surface area (Å²) in [6.45, 7) is 4.00. The molecule has 0 atom stereocenters. The van der Waals surface area contributed by atoms with Crippen LogP contribution in [0.25, 0.3) is 0 Å². The van der Waals surface area contributed by atoms with Crippen LogP contribution in [0.5, 0.6) is 5.75 Å². The minimum Gasteiger partial charge on any atom is -0.496 e. The molecule has 0 aliphatic carbocycles. The highest BCUT2D eigenvalue weighted by Gasteiger charge is 2.11. The van der Waals surface area contributed by atoms with Crippen LogP contribution >= 0.6 is 0 Å². The molecule has 22 heavy (non-hydrogen) atoms. The molecule has 1 aromatic heterocycles. The number of hydrogen-bond acceptors (Lipinski definition) is 4. The molecule has 1 amide bonds. The van der Waals surface area contributed by atoms with Crippen molar-refractivity contribution in [1.29, 1.82) is 0 Å². The maximum atomic E-state index is 12.2. The standard InChI is InChI=1S/C16H19N3O3/c1-11(2)19-15(20)9-8-13(18-19)16(21)17-10-12-6-4-5-7-14(12)22-3/h4-9,11H,10H2,1-3H3,(H,17,21). The highest BCUT2D eigenvalue weighted by molar-refractivity contribution is 5.91. The lowest BCUT2D eigenvalue weighted by molar-refractivity contribution is 0.0943. The van der Waals surface area contributed by atoms with Gasteiger partial charge in [-0.15, -0.1) is 0 Å². The van der Waals surface area contributed by atoms with Crippen LogP contribution in [0.1, 0.15) is 35.9 Å². The number of aromatic nitrogens is 2. The van der Waals surface area contributed by atoms with Gasteiger partial charge in [-0.25, -0.2) is 4.68 Å². The van der Waals surface area contributed by atoms with Gasteiger partial charge in [0.1, 0.15) is 11.4 Å². The average Bonchev–Trinajstić information content (AvgIpc) is 2.53. The first kappa shape index (κ1) is 15.8. The van der Waals surface area contributed by atoms with Gasteiger partial charge in [-0.3, -0.25) is 9.59 Å². The van der Waals surface area contributed by atoms with Gasteiger partial charge in [-0.05, 0) is 26.0 Å². The molecule has 2 aromatic rings. The fourth-order valence-electron chi connectivity index (χ4n) is 2.03. The number of nitrogens with one attached hydrogen (secondary N) is 1. The molecular weight excluding hydrogens is 282 g/mol. The average molecular weight is 301 g/mol. The Morgan fingerprint density at radius 1 is 1.27 bits per heavy atom. The maximum absolute atomic E-state index is 12.2. The fraction of sp³-hybridized carbons (Fsp3) is 0.312. The van der Waals surface area contributed by atoms with Gasteiger partial charge in [-0.1, -0.05) is 18.2 Å². The molecule has 1 N–H and O–H groups in total. The second-order valence-corrected chi connectivity index (χ2v) is 5.09. The summed E-state index contributed by atoms with van der Waals surface area (Å²) < 4.78 is 6.53. The summed E-state index contributed by atoms with van der Waals surface area (Å²) in [6, 6.07) is 10.1. The Morgan fingerprint density at radius 3 is 2.68 bits per heavy atom. The number of carbonyl (C=O) groups is 1. The summed E-state index contributed by atoms with van der Waals surface area (Å²) in [7, 11) is 1.58. The number of hydrogen-bond donors (Lipinski definition) is 1. The van der Waals surface area contributed by atoms with Crippen molar-refractivity contribution < 1.29 is 9.53 Å². The third kappa shape index (κ3) is 3.52. The van der Waals surface area contributed by atoms with Crippen molar-refractivity contribution in [2.24, 2.45) is 0 Å². The van der Waals surface area contributed by atoms with Crippen molar-refractivity contribution in [2.75, 3.05) is 7.11 Å². The SMILES string of the molecule is COc1ccccc1CNC(=O)c1ccc(=O)n(C(C)C)n1. The van der Waals surface area contributed by atoms with Crippen molar-refractivity contribution in [3.63, 3.8) is 0 Å². The summed E-state index contributed by atoms with van der Waals surface area (Å²) in [4.78, 5) is 23.8. The van der Waals surface area contributed by atoms with Gasteiger partial charge in [0.25, 0.3) is 11.5 Å². The lowest BCUT2D eigenvalue weighted by Crippen LogP contribution is -2.30. The molecule has 0 fully saturated rings. The third-order valence-corrected chi connectivity index (χ3v) is 3.18. The first-order chi connectivity index (χ1) is 10.5. The molecule has 0 saturated carbocycles. The van der Waals surface area contributed by atoms with E-state index in [1.807, 2.05) is 38.1 Å². The number of amides is 1. The molecule has 2 rings (SSSR count). The monoisotopic (exact) mass is 301 g/mol. The van der Waals surface area contributed by atoms with Crippen molar-refractivity contribution in [2.45, 2.75) is 26.4 Å². The van der Waals surface area contributed by atoms with Gasteiger partial charge < -0.3 is 10.1 Å². The minimum atomic E-state index is -0.333. The Morgan fingerprint density at radius 2 is 2.00 bits per heavy atom. The molecular formula is C16H19N3O3. The molecule has 1 heterocycles. The molecule has 116 valence electrons. The Hall–Kier alpha value is -2.63. The molecule has 0 aliphatic rings. The number of para-hydroxylation sites is 1. The van der Waals surface area contributed by atoms with E-state index in [0.717, 1.165) is 5.56 Å². The van der Waals surface area contributed by atoms with E-state index in [2.05, 4.69) is 10.4 Å². The molecule has 6 nitrogen and oxygen atoms in total. The van der Waals surface area contributed by atoms with Crippen LogP contribution in [0, 0.1) is 0 Å². The zero-order valence-electron chi connectivity index (χ0n) is 12.9. The van der Waals surface area contributed by atoms with Crippen LogP contribution in [-0.2, 0) is 6.54 Å². The summed E-state index contributed by atoms with van der Waals surface area (Å²) in [5.41, 5.74) is 0.856. The lowest BCUT2D eigenvalue weighted by atomic mass is 10.2. The van der Waals surface area contributed by atoms with Gasteiger partial charge in [-0.2, -0.15) is 5.10 Å². The minimum absolute atomic E-state index is 0.102. The molecule has 0 radical (unpaired) electrons. The van der Waals surface area contributed by atoms with E-state index in [-0.39, 0.29) is 23.2 Å². The second-order valence-electron chi connectivity index (χ2n) is 5.09. The van der Waals surface area contributed by atoms with Gasteiger partial charge in [0.15, 0.2) is 0 Å². The van der Waals surface area contributed by atoms with Gasteiger partial charge in [0, 0.05) is 18.2 Å². The molecule has 0 unspecified atom stereocenters. The molecule has 6 heteroatoms. The topological polar surface area (TPSA) is 73.2 Å². The second kappa shape index (κ2) is 6.89. The smallest absolute Gasteiger partial charge is 0.271 e. The zero-order chi connectivity index (χ0) is 16.1. The van der Waals surface area contributed by atoms with E-state index >= 15 is 0 Å². The number of benzene rings is 1.